The van der Waals surface area contributed by atoms with E-state index in [1.807, 2.05) is 19.1 Å². The number of hydrogen-bond acceptors (Lipinski definition) is 3. The van der Waals surface area contributed by atoms with Crippen molar-refractivity contribution < 1.29 is 17.6 Å². The predicted octanol–water partition coefficient (Wildman–Crippen LogP) is 4.81. The molecule has 0 spiro atoms. The summed E-state index contributed by atoms with van der Waals surface area (Å²) in [5.41, 5.74) is 3.59. The third-order valence-electron chi connectivity index (χ3n) is 4.65. The maximum absolute atomic E-state index is 13.3. The molecule has 0 aliphatic rings. The van der Waals surface area contributed by atoms with Gasteiger partial charge < -0.3 is 5.32 Å². The molecule has 7 heteroatoms. The Morgan fingerprint density at radius 3 is 2.27 bits per heavy atom. The smallest absolute Gasteiger partial charge is 0.261 e. The predicted molar refractivity (Wildman–Crippen MR) is 117 cm³/mol. The average Bonchev–Trinajstić information content (AvgIpc) is 2.71. The highest BCUT2D eigenvalue weighted by atomic mass is 32.2. The maximum atomic E-state index is 13.3. The van der Waals surface area contributed by atoms with E-state index in [0.717, 1.165) is 16.7 Å². The second-order valence-corrected chi connectivity index (χ2v) is 8.81. The van der Waals surface area contributed by atoms with Crippen LogP contribution in [0.3, 0.4) is 0 Å². The molecule has 0 bridgehead atoms. The van der Waals surface area contributed by atoms with E-state index in [9.17, 15) is 17.6 Å². The van der Waals surface area contributed by atoms with E-state index >= 15 is 0 Å². The monoisotopic (exact) mass is 426 g/mol. The Labute approximate surface area is 176 Å². The van der Waals surface area contributed by atoms with Gasteiger partial charge in [-0.2, -0.15) is 0 Å². The van der Waals surface area contributed by atoms with Crippen LogP contribution in [0.1, 0.15) is 23.1 Å². The summed E-state index contributed by atoms with van der Waals surface area (Å²) >= 11 is 0. The topological polar surface area (TPSA) is 75.3 Å². The van der Waals surface area contributed by atoms with E-state index in [-0.39, 0.29) is 17.2 Å². The number of benzene rings is 3. The van der Waals surface area contributed by atoms with Crippen LogP contribution in [0.15, 0.2) is 71.6 Å². The first-order chi connectivity index (χ1) is 14.2. The third kappa shape index (κ3) is 5.67. The summed E-state index contributed by atoms with van der Waals surface area (Å²) in [4.78, 5) is 12.3. The van der Waals surface area contributed by atoms with Crippen LogP contribution in [-0.4, -0.2) is 14.3 Å². The number of aryl methyl sites for hydroxylation is 3. The van der Waals surface area contributed by atoms with Gasteiger partial charge in [-0.1, -0.05) is 35.9 Å². The van der Waals surface area contributed by atoms with Gasteiger partial charge in [0.15, 0.2) is 0 Å². The minimum atomic E-state index is -3.69. The number of nitrogens with one attached hydrogen (secondary N) is 2. The van der Waals surface area contributed by atoms with Crippen LogP contribution < -0.4 is 10.0 Å². The van der Waals surface area contributed by atoms with Gasteiger partial charge in [-0.05, 0) is 67.8 Å². The van der Waals surface area contributed by atoms with Crippen molar-refractivity contribution in [1.29, 1.82) is 0 Å². The van der Waals surface area contributed by atoms with Gasteiger partial charge in [0.2, 0.25) is 5.91 Å². The van der Waals surface area contributed by atoms with Gasteiger partial charge in [0, 0.05) is 17.8 Å². The minimum absolute atomic E-state index is 0.145. The van der Waals surface area contributed by atoms with Gasteiger partial charge in [0.1, 0.15) is 5.82 Å². The highest BCUT2D eigenvalue weighted by molar-refractivity contribution is 7.92. The van der Waals surface area contributed by atoms with E-state index in [2.05, 4.69) is 10.0 Å². The van der Waals surface area contributed by atoms with Crippen LogP contribution in [0.4, 0.5) is 15.8 Å². The molecule has 0 atom stereocenters. The molecule has 3 aromatic carbocycles. The molecule has 0 aromatic heterocycles. The molecule has 30 heavy (non-hydrogen) atoms. The summed E-state index contributed by atoms with van der Waals surface area (Å²) in [7, 11) is -3.69. The van der Waals surface area contributed by atoms with Crippen molar-refractivity contribution in [3.05, 3.63) is 89.2 Å². The molecule has 1 amide bonds. The van der Waals surface area contributed by atoms with Crippen LogP contribution in [0.5, 0.6) is 0 Å². The van der Waals surface area contributed by atoms with Crippen molar-refractivity contribution in [2.24, 2.45) is 0 Å². The number of sulfonamides is 1. The van der Waals surface area contributed by atoms with E-state index < -0.39 is 15.8 Å². The molecular weight excluding hydrogens is 403 g/mol. The molecule has 156 valence electrons. The first kappa shape index (κ1) is 21.5. The Kier molecular flexibility index (Phi) is 6.52. The fraction of sp³-hybridized carbons (Fsp3) is 0.174. The lowest BCUT2D eigenvalue weighted by molar-refractivity contribution is -0.116. The molecule has 0 saturated heterocycles. The second kappa shape index (κ2) is 9.09. The lowest BCUT2D eigenvalue weighted by atomic mass is 10.1. The molecule has 3 rings (SSSR count). The quantitative estimate of drug-likeness (QED) is 0.569. The molecule has 0 aliphatic carbocycles. The zero-order chi connectivity index (χ0) is 21.7. The highest BCUT2D eigenvalue weighted by Gasteiger charge is 2.14. The Hall–Kier alpha value is -3.19. The lowest BCUT2D eigenvalue weighted by Crippen LogP contribution is -2.14. The van der Waals surface area contributed by atoms with Gasteiger partial charge in [0.05, 0.1) is 4.90 Å². The van der Waals surface area contributed by atoms with Crippen LogP contribution in [0.25, 0.3) is 0 Å². The highest BCUT2D eigenvalue weighted by Crippen LogP contribution is 2.19. The van der Waals surface area contributed by atoms with E-state index in [0.29, 0.717) is 17.8 Å². The standard InChI is InChI=1S/C23H23FN2O3S/c1-16-3-10-20(11-4-16)26-30(28,29)21-12-6-18(7-13-21)8-14-23(27)25-22-15-19(24)9-5-17(22)2/h3-7,9-13,15,26H,8,14H2,1-2H3,(H,25,27). The fourth-order valence-electron chi connectivity index (χ4n) is 2.87. The second-order valence-electron chi connectivity index (χ2n) is 7.12. The van der Waals surface area contributed by atoms with Crippen LogP contribution >= 0.6 is 0 Å². The first-order valence-electron chi connectivity index (χ1n) is 9.47. The van der Waals surface area contributed by atoms with Gasteiger partial charge in [0.25, 0.3) is 10.0 Å². The Balaban J connectivity index is 1.59. The van der Waals surface area contributed by atoms with Crippen LogP contribution in [0.2, 0.25) is 0 Å². The Morgan fingerprint density at radius 1 is 0.933 bits per heavy atom. The summed E-state index contributed by atoms with van der Waals surface area (Å²) in [6.45, 7) is 3.72. The number of rotatable bonds is 7. The summed E-state index contributed by atoms with van der Waals surface area (Å²) in [5.74, 6) is -0.645. The molecule has 0 heterocycles. The zero-order valence-electron chi connectivity index (χ0n) is 16.8. The molecule has 0 unspecified atom stereocenters. The normalized spacial score (nSPS) is 11.2. The number of halogens is 1. The Morgan fingerprint density at radius 2 is 1.60 bits per heavy atom. The average molecular weight is 427 g/mol. The fourth-order valence-corrected chi connectivity index (χ4v) is 3.93. The van der Waals surface area contributed by atoms with Crippen molar-refractivity contribution in [2.45, 2.75) is 31.6 Å². The maximum Gasteiger partial charge on any atom is 0.261 e. The van der Waals surface area contributed by atoms with Crippen molar-refractivity contribution in [3.63, 3.8) is 0 Å². The number of anilines is 2. The van der Waals surface area contributed by atoms with Crippen molar-refractivity contribution in [1.82, 2.24) is 0 Å². The third-order valence-corrected chi connectivity index (χ3v) is 6.05. The van der Waals surface area contributed by atoms with Crippen molar-refractivity contribution in [2.75, 3.05) is 10.0 Å². The molecule has 0 radical (unpaired) electrons. The SMILES string of the molecule is Cc1ccc(NS(=O)(=O)c2ccc(CCC(=O)Nc3cc(F)ccc3C)cc2)cc1. The number of carbonyl (C=O) groups excluding carboxylic acids is 1. The van der Waals surface area contributed by atoms with Crippen LogP contribution in [0, 0.1) is 19.7 Å². The van der Waals surface area contributed by atoms with Gasteiger partial charge in [-0.3, -0.25) is 9.52 Å². The van der Waals surface area contributed by atoms with Crippen molar-refractivity contribution >= 4 is 27.3 Å². The summed E-state index contributed by atoms with van der Waals surface area (Å²) < 4.78 is 40.9. The van der Waals surface area contributed by atoms with E-state index in [1.54, 1.807) is 37.3 Å². The molecule has 0 aliphatic heterocycles. The molecule has 2 N–H and O–H groups in total. The van der Waals surface area contributed by atoms with Gasteiger partial charge >= 0.3 is 0 Å². The molecule has 0 fully saturated rings. The van der Waals surface area contributed by atoms with Gasteiger partial charge in [-0.15, -0.1) is 0 Å². The van der Waals surface area contributed by atoms with E-state index in [1.165, 1.54) is 24.3 Å². The Bertz CT molecular complexity index is 1140. The lowest BCUT2D eigenvalue weighted by Gasteiger charge is -2.10. The number of carbonyl (C=O) groups is 1. The zero-order valence-corrected chi connectivity index (χ0v) is 17.6. The first-order valence-corrected chi connectivity index (χ1v) is 11.0. The summed E-state index contributed by atoms with van der Waals surface area (Å²) in [5, 5.41) is 2.70. The number of amides is 1. The largest absolute Gasteiger partial charge is 0.326 e. The van der Waals surface area contributed by atoms with Crippen molar-refractivity contribution in [3.8, 4) is 0 Å². The molecule has 5 nitrogen and oxygen atoms in total. The van der Waals surface area contributed by atoms with Gasteiger partial charge in [-0.25, -0.2) is 12.8 Å². The number of hydrogen-bond donors (Lipinski definition) is 2. The summed E-state index contributed by atoms with van der Waals surface area (Å²) in [6.07, 6.45) is 0.635. The summed E-state index contributed by atoms with van der Waals surface area (Å²) in [6, 6.07) is 17.7. The molecule has 0 saturated carbocycles. The van der Waals surface area contributed by atoms with E-state index in [4.69, 9.17) is 0 Å². The minimum Gasteiger partial charge on any atom is -0.326 e. The molecular formula is C23H23FN2O3S. The molecule has 3 aromatic rings. The van der Waals surface area contributed by atoms with Crippen LogP contribution in [-0.2, 0) is 21.2 Å².